The van der Waals surface area contributed by atoms with E-state index in [2.05, 4.69) is 43.2 Å². The molecule has 0 rings (SSSR count). The lowest BCUT2D eigenvalue weighted by Crippen LogP contribution is -2.33. The van der Waals surface area contributed by atoms with Crippen molar-refractivity contribution in [3.8, 4) is 0 Å². The first-order chi connectivity index (χ1) is 7.99. The normalized spacial score (nSPS) is 14.5. The molecular formula is C4H12IN10OP. The molecule has 0 aromatic heterocycles. The maximum Gasteiger partial charge on any atom is 0.263 e. The van der Waals surface area contributed by atoms with Crippen LogP contribution < -0.4 is 33.5 Å². The number of halogens is 1. The zero-order valence-electron chi connectivity index (χ0n) is 8.46. The predicted octanol–water partition coefficient (Wildman–Crippen LogP) is -2.59. The quantitative estimate of drug-likeness (QED) is 0.101. The third-order valence-corrected chi connectivity index (χ3v) is 1.78. The summed E-state index contributed by atoms with van der Waals surface area (Å²) in [5, 5.41) is 5.76. The molecular weight excluding hydrogens is 362 g/mol. The SMILES string of the molecule is NC(=NI)N=C(N)NON=C(N)N=C(N)NP. The van der Waals surface area contributed by atoms with E-state index in [1.165, 1.54) is 0 Å². The van der Waals surface area contributed by atoms with Gasteiger partial charge in [-0.05, 0) is 14.5 Å². The molecule has 0 fully saturated rings. The van der Waals surface area contributed by atoms with Crippen molar-refractivity contribution in [1.82, 2.24) is 10.6 Å². The monoisotopic (exact) mass is 374 g/mol. The van der Waals surface area contributed by atoms with Crippen LogP contribution in [0, 0.1) is 0 Å². The molecule has 0 radical (unpaired) electrons. The first-order valence-corrected chi connectivity index (χ1v) is 5.38. The standard InChI is InChI=1S/C4H12IN10OP/c5-12-1(6)10-2(7)13-16-14-3(8)11-4(9)15-17/h17H2,(H5,6,7,10,12,13)(H5,8,9,11,14,15). The number of hydroxylamine groups is 1. The molecule has 96 valence electrons. The first-order valence-electron chi connectivity index (χ1n) is 3.84. The van der Waals surface area contributed by atoms with E-state index in [9.17, 15) is 0 Å². The molecule has 0 aromatic carbocycles. The number of nitrogens with one attached hydrogen (secondary N) is 2. The van der Waals surface area contributed by atoms with E-state index >= 15 is 0 Å². The Morgan fingerprint density at radius 1 is 1.06 bits per heavy atom. The summed E-state index contributed by atoms with van der Waals surface area (Å²) < 4.78 is 3.51. The highest BCUT2D eigenvalue weighted by Crippen LogP contribution is 1.83. The summed E-state index contributed by atoms with van der Waals surface area (Å²) in [6.07, 6.45) is 0. The average molecular weight is 374 g/mol. The van der Waals surface area contributed by atoms with Crippen molar-refractivity contribution < 1.29 is 4.94 Å². The lowest BCUT2D eigenvalue weighted by molar-refractivity contribution is 0.0914. The Bertz CT molecular complexity index is 363. The second-order valence-corrected chi connectivity index (χ2v) is 3.00. The molecule has 0 aliphatic carbocycles. The van der Waals surface area contributed by atoms with Crippen LogP contribution in [0.5, 0.6) is 0 Å². The molecule has 0 aromatic rings. The first kappa shape index (κ1) is 15.4. The molecule has 1 atom stereocenters. The summed E-state index contributed by atoms with van der Waals surface area (Å²) >= 11 is 1.66. The molecule has 0 aliphatic heterocycles. The van der Waals surface area contributed by atoms with Gasteiger partial charge in [-0.15, -0.1) is 0 Å². The summed E-state index contributed by atoms with van der Waals surface area (Å²) in [6, 6.07) is 0. The highest BCUT2D eigenvalue weighted by atomic mass is 127. The molecule has 0 heterocycles. The summed E-state index contributed by atoms with van der Waals surface area (Å²) in [7, 11) is 2.13. The Kier molecular flexibility index (Phi) is 7.79. The van der Waals surface area contributed by atoms with Gasteiger partial charge in [-0.1, -0.05) is 0 Å². The number of hydrogen-bond acceptors (Lipinski definition) is 3. The van der Waals surface area contributed by atoms with Gasteiger partial charge >= 0.3 is 0 Å². The van der Waals surface area contributed by atoms with E-state index in [-0.39, 0.29) is 23.8 Å². The fourth-order valence-corrected chi connectivity index (χ4v) is 0.630. The fraction of sp³-hybridized carbons (Fsp3) is 0. The largest absolute Gasteiger partial charge is 0.369 e. The van der Waals surface area contributed by atoms with E-state index < -0.39 is 0 Å². The smallest absolute Gasteiger partial charge is 0.263 e. The van der Waals surface area contributed by atoms with Crippen molar-refractivity contribution in [2.24, 2.45) is 41.3 Å². The summed E-state index contributed by atoms with van der Waals surface area (Å²) in [4.78, 5) is 11.6. The Balaban J connectivity index is 4.23. The van der Waals surface area contributed by atoms with Crippen molar-refractivity contribution in [3.63, 3.8) is 0 Å². The molecule has 0 saturated heterocycles. The number of aliphatic imine (C=N–C) groups is 2. The molecule has 17 heavy (non-hydrogen) atoms. The van der Waals surface area contributed by atoms with Gasteiger partial charge in [0.05, 0.1) is 22.9 Å². The van der Waals surface area contributed by atoms with E-state index in [0.29, 0.717) is 0 Å². The zero-order valence-corrected chi connectivity index (χ0v) is 11.8. The Hall–Kier alpha value is -1.56. The zero-order chi connectivity index (χ0) is 13.3. The molecule has 0 bridgehead atoms. The molecule has 0 amide bonds. The predicted molar refractivity (Wildman–Crippen MR) is 77.6 cm³/mol. The van der Waals surface area contributed by atoms with Crippen LogP contribution in [0.15, 0.2) is 18.3 Å². The average Bonchev–Trinajstić information content (AvgIpc) is 2.28. The van der Waals surface area contributed by atoms with Gasteiger partial charge in [-0.25, -0.2) is 0 Å². The molecule has 0 spiro atoms. The van der Waals surface area contributed by atoms with Gasteiger partial charge in [0, 0.05) is 0 Å². The van der Waals surface area contributed by atoms with Crippen LogP contribution in [0.2, 0.25) is 0 Å². The molecule has 0 aliphatic rings. The summed E-state index contributed by atoms with van der Waals surface area (Å²) in [5.41, 5.74) is 23.3. The molecule has 10 N–H and O–H groups in total. The van der Waals surface area contributed by atoms with Crippen LogP contribution >= 0.6 is 32.3 Å². The number of hydrogen-bond donors (Lipinski definition) is 6. The number of nitrogens with zero attached hydrogens (tertiary/aromatic N) is 4. The molecule has 11 nitrogen and oxygen atoms in total. The van der Waals surface area contributed by atoms with Gasteiger partial charge in [-0.2, -0.15) is 18.7 Å². The minimum absolute atomic E-state index is 0.0365. The van der Waals surface area contributed by atoms with Gasteiger partial charge in [0.25, 0.3) is 5.96 Å². The lowest BCUT2D eigenvalue weighted by Gasteiger charge is -2.01. The Labute approximate surface area is 113 Å². The number of guanidine groups is 4. The van der Waals surface area contributed by atoms with Gasteiger partial charge < -0.3 is 28.0 Å². The highest BCUT2D eigenvalue weighted by molar-refractivity contribution is 14.1. The third kappa shape index (κ3) is 8.27. The van der Waals surface area contributed by atoms with E-state index in [4.69, 9.17) is 22.9 Å². The number of nitrogens with two attached hydrogens (primary N) is 4. The van der Waals surface area contributed by atoms with Crippen LogP contribution in [0.1, 0.15) is 0 Å². The van der Waals surface area contributed by atoms with Crippen LogP contribution in [0.4, 0.5) is 0 Å². The van der Waals surface area contributed by atoms with Crippen LogP contribution in [0.3, 0.4) is 0 Å². The second-order valence-electron chi connectivity index (χ2n) is 2.22. The van der Waals surface area contributed by atoms with Gasteiger partial charge in [0.15, 0.2) is 5.96 Å². The molecule has 0 saturated carbocycles. The Morgan fingerprint density at radius 2 is 1.65 bits per heavy atom. The fourth-order valence-electron chi connectivity index (χ4n) is 0.458. The van der Waals surface area contributed by atoms with Crippen molar-refractivity contribution in [3.05, 3.63) is 0 Å². The maximum atomic E-state index is 5.33. The third-order valence-electron chi connectivity index (χ3n) is 0.994. The van der Waals surface area contributed by atoms with E-state index in [1.54, 1.807) is 22.9 Å². The topological polar surface area (TPSA) is 187 Å². The molecule has 1 unspecified atom stereocenters. The van der Waals surface area contributed by atoms with Crippen LogP contribution in [0.25, 0.3) is 0 Å². The second kappa shape index (κ2) is 8.58. The molecule has 13 heteroatoms. The van der Waals surface area contributed by atoms with Gasteiger partial charge in [0.1, 0.15) is 0 Å². The maximum absolute atomic E-state index is 5.33. The number of rotatable bonds is 2. The highest BCUT2D eigenvalue weighted by Gasteiger charge is 1.94. The van der Waals surface area contributed by atoms with Gasteiger partial charge in [-0.3, -0.25) is 4.94 Å². The minimum Gasteiger partial charge on any atom is -0.369 e. The van der Waals surface area contributed by atoms with Crippen molar-refractivity contribution in [2.75, 3.05) is 0 Å². The summed E-state index contributed by atoms with van der Waals surface area (Å²) in [5.74, 6) is -0.373. The van der Waals surface area contributed by atoms with Crippen molar-refractivity contribution in [2.45, 2.75) is 0 Å². The van der Waals surface area contributed by atoms with Crippen molar-refractivity contribution >= 4 is 56.1 Å². The van der Waals surface area contributed by atoms with E-state index in [1.807, 2.05) is 0 Å². The van der Waals surface area contributed by atoms with Gasteiger partial charge in [0.2, 0.25) is 11.9 Å². The van der Waals surface area contributed by atoms with Crippen LogP contribution in [-0.2, 0) is 4.94 Å². The van der Waals surface area contributed by atoms with Crippen molar-refractivity contribution in [1.29, 1.82) is 0 Å². The minimum atomic E-state index is -0.228. The van der Waals surface area contributed by atoms with Crippen LogP contribution in [-0.4, -0.2) is 23.8 Å². The lowest BCUT2D eigenvalue weighted by atomic mass is 10.9. The Morgan fingerprint density at radius 3 is 2.18 bits per heavy atom. The summed E-state index contributed by atoms with van der Waals surface area (Å²) in [6.45, 7) is 0. The number of oxime groups is 1. The van der Waals surface area contributed by atoms with E-state index in [0.717, 1.165) is 0 Å².